The van der Waals surface area contributed by atoms with Crippen molar-refractivity contribution in [2.75, 3.05) is 6.54 Å². The Morgan fingerprint density at radius 2 is 2.40 bits per heavy atom. The predicted molar refractivity (Wildman–Crippen MR) is 54.8 cm³/mol. The Hall–Kier alpha value is -1.49. The molecule has 1 atom stereocenters. The number of rotatable bonds is 4. The van der Waals surface area contributed by atoms with Crippen molar-refractivity contribution in [2.45, 2.75) is 19.4 Å². The van der Waals surface area contributed by atoms with Crippen molar-refractivity contribution in [1.82, 2.24) is 10.3 Å². The molecule has 3 N–H and O–H groups in total. The summed E-state index contributed by atoms with van der Waals surface area (Å²) in [6, 6.07) is 2.55. The summed E-state index contributed by atoms with van der Waals surface area (Å²) in [6.45, 7) is 2.37. The van der Waals surface area contributed by atoms with Crippen LogP contribution < -0.4 is 11.1 Å². The number of aromatic nitrogens is 1. The Labute approximate surface area is 87.7 Å². The summed E-state index contributed by atoms with van der Waals surface area (Å²) in [5, 5.41) is 2.71. The first-order valence-electron chi connectivity index (χ1n) is 4.76. The minimum absolute atomic E-state index is 0.00523. The molecule has 1 unspecified atom stereocenters. The highest BCUT2D eigenvalue weighted by molar-refractivity contribution is 5.92. The summed E-state index contributed by atoms with van der Waals surface area (Å²) < 4.78 is 12.5. The summed E-state index contributed by atoms with van der Waals surface area (Å²) in [4.78, 5) is 15.2. The number of pyridine rings is 1. The van der Waals surface area contributed by atoms with Crippen LogP contribution in [0.3, 0.4) is 0 Å². The maximum atomic E-state index is 12.5. The van der Waals surface area contributed by atoms with Gasteiger partial charge < -0.3 is 11.1 Å². The molecule has 0 saturated carbocycles. The molecule has 0 aliphatic carbocycles. The summed E-state index contributed by atoms with van der Waals surface area (Å²) in [7, 11) is 0. The van der Waals surface area contributed by atoms with E-state index in [0.29, 0.717) is 13.0 Å². The lowest BCUT2D eigenvalue weighted by molar-refractivity contribution is 0.0934. The molecule has 0 fully saturated rings. The summed E-state index contributed by atoms with van der Waals surface area (Å²) in [5.41, 5.74) is 5.56. The maximum absolute atomic E-state index is 12.5. The first kappa shape index (κ1) is 11.6. The van der Waals surface area contributed by atoms with Gasteiger partial charge in [-0.05, 0) is 32.0 Å². The fourth-order valence-electron chi connectivity index (χ4n) is 1.13. The Morgan fingerprint density at radius 3 is 2.93 bits per heavy atom. The third-order valence-electron chi connectivity index (χ3n) is 1.94. The zero-order chi connectivity index (χ0) is 11.3. The largest absolute Gasteiger partial charge is 0.348 e. The van der Waals surface area contributed by atoms with Crippen LogP contribution in [0.2, 0.25) is 0 Å². The van der Waals surface area contributed by atoms with Gasteiger partial charge in [0, 0.05) is 6.04 Å². The van der Waals surface area contributed by atoms with Gasteiger partial charge in [0.1, 0.15) is 11.5 Å². The van der Waals surface area contributed by atoms with Crippen molar-refractivity contribution < 1.29 is 9.18 Å². The van der Waals surface area contributed by atoms with E-state index in [1.54, 1.807) is 0 Å². The van der Waals surface area contributed by atoms with Crippen molar-refractivity contribution in [2.24, 2.45) is 5.73 Å². The van der Waals surface area contributed by atoms with E-state index in [1.807, 2.05) is 6.92 Å². The third-order valence-corrected chi connectivity index (χ3v) is 1.94. The standard InChI is InChI=1S/C10H14FN3O/c1-7(4-5-12)14-10(15)9-3-2-8(11)6-13-9/h2-3,6-7H,4-5,12H2,1H3,(H,14,15). The molecule has 0 saturated heterocycles. The molecule has 0 spiro atoms. The van der Waals surface area contributed by atoms with Gasteiger partial charge in [0.15, 0.2) is 0 Å². The third kappa shape index (κ3) is 3.63. The van der Waals surface area contributed by atoms with Gasteiger partial charge >= 0.3 is 0 Å². The van der Waals surface area contributed by atoms with E-state index < -0.39 is 5.82 Å². The number of hydrogen-bond donors (Lipinski definition) is 2. The number of halogens is 1. The van der Waals surface area contributed by atoms with Crippen LogP contribution in [0.25, 0.3) is 0 Å². The molecule has 0 radical (unpaired) electrons. The van der Waals surface area contributed by atoms with Crippen LogP contribution in [0.5, 0.6) is 0 Å². The van der Waals surface area contributed by atoms with Gasteiger partial charge in [0.05, 0.1) is 6.20 Å². The van der Waals surface area contributed by atoms with Crippen LogP contribution in [0, 0.1) is 5.82 Å². The lowest BCUT2D eigenvalue weighted by Gasteiger charge is -2.11. The molecule has 0 aliphatic heterocycles. The molecule has 82 valence electrons. The fourth-order valence-corrected chi connectivity index (χ4v) is 1.13. The van der Waals surface area contributed by atoms with E-state index in [4.69, 9.17) is 5.73 Å². The van der Waals surface area contributed by atoms with Gasteiger partial charge in [-0.2, -0.15) is 0 Å². The molecule has 1 aromatic heterocycles. The molecule has 1 amide bonds. The molecular weight excluding hydrogens is 197 g/mol. The number of nitrogens with two attached hydrogens (primary N) is 1. The Kier molecular flexibility index (Phi) is 4.17. The van der Waals surface area contributed by atoms with E-state index in [0.717, 1.165) is 6.20 Å². The minimum atomic E-state index is -0.457. The van der Waals surface area contributed by atoms with Crippen molar-refractivity contribution in [3.63, 3.8) is 0 Å². The Balaban J connectivity index is 2.57. The van der Waals surface area contributed by atoms with E-state index in [-0.39, 0.29) is 17.6 Å². The first-order chi connectivity index (χ1) is 7.13. The molecule has 1 aromatic rings. The van der Waals surface area contributed by atoms with Gasteiger partial charge in [-0.3, -0.25) is 4.79 Å². The van der Waals surface area contributed by atoms with Crippen molar-refractivity contribution in [3.05, 3.63) is 29.8 Å². The SMILES string of the molecule is CC(CCN)NC(=O)c1ccc(F)cn1. The van der Waals surface area contributed by atoms with Gasteiger partial charge in [-0.1, -0.05) is 0 Å². The van der Waals surface area contributed by atoms with E-state index >= 15 is 0 Å². The first-order valence-corrected chi connectivity index (χ1v) is 4.76. The monoisotopic (exact) mass is 211 g/mol. The van der Waals surface area contributed by atoms with Crippen LogP contribution in [0.4, 0.5) is 4.39 Å². The number of amides is 1. The van der Waals surface area contributed by atoms with Crippen LogP contribution in [0.15, 0.2) is 18.3 Å². The van der Waals surface area contributed by atoms with Crippen LogP contribution >= 0.6 is 0 Å². The van der Waals surface area contributed by atoms with E-state index in [1.165, 1.54) is 12.1 Å². The molecule has 0 aromatic carbocycles. The van der Waals surface area contributed by atoms with Gasteiger partial charge in [0.25, 0.3) is 5.91 Å². The highest BCUT2D eigenvalue weighted by atomic mass is 19.1. The van der Waals surface area contributed by atoms with Crippen LogP contribution in [-0.2, 0) is 0 Å². The van der Waals surface area contributed by atoms with Crippen molar-refractivity contribution >= 4 is 5.91 Å². The highest BCUT2D eigenvalue weighted by Gasteiger charge is 2.09. The molecular formula is C10H14FN3O. The normalized spacial score (nSPS) is 12.2. The van der Waals surface area contributed by atoms with Crippen molar-refractivity contribution in [3.8, 4) is 0 Å². The lowest BCUT2D eigenvalue weighted by atomic mass is 10.2. The van der Waals surface area contributed by atoms with Gasteiger partial charge in [0.2, 0.25) is 0 Å². The van der Waals surface area contributed by atoms with E-state index in [9.17, 15) is 9.18 Å². The summed E-state index contributed by atoms with van der Waals surface area (Å²) in [6.07, 6.45) is 1.72. The molecule has 0 aliphatic rings. The summed E-state index contributed by atoms with van der Waals surface area (Å²) in [5.74, 6) is -0.766. The topological polar surface area (TPSA) is 68.0 Å². The smallest absolute Gasteiger partial charge is 0.270 e. The number of hydrogen-bond acceptors (Lipinski definition) is 3. The Morgan fingerprint density at radius 1 is 1.67 bits per heavy atom. The Bertz CT molecular complexity index is 326. The zero-order valence-corrected chi connectivity index (χ0v) is 8.53. The zero-order valence-electron chi connectivity index (χ0n) is 8.53. The van der Waals surface area contributed by atoms with Crippen LogP contribution in [0.1, 0.15) is 23.8 Å². The number of carbonyl (C=O) groups is 1. The highest BCUT2D eigenvalue weighted by Crippen LogP contribution is 1.99. The van der Waals surface area contributed by atoms with Gasteiger partial charge in [-0.25, -0.2) is 9.37 Å². The molecule has 5 heteroatoms. The lowest BCUT2D eigenvalue weighted by Crippen LogP contribution is -2.34. The van der Waals surface area contributed by atoms with Crippen molar-refractivity contribution in [1.29, 1.82) is 0 Å². The van der Waals surface area contributed by atoms with E-state index in [2.05, 4.69) is 10.3 Å². The average molecular weight is 211 g/mol. The van der Waals surface area contributed by atoms with Crippen LogP contribution in [-0.4, -0.2) is 23.5 Å². The fraction of sp³-hybridized carbons (Fsp3) is 0.400. The molecule has 4 nitrogen and oxygen atoms in total. The quantitative estimate of drug-likeness (QED) is 0.769. The number of carbonyl (C=O) groups excluding carboxylic acids is 1. The number of nitrogens with zero attached hydrogens (tertiary/aromatic N) is 1. The summed E-state index contributed by atoms with van der Waals surface area (Å²) >= 11 is 0. The second-order valence-corrected chi connectivity index (χ2v) is 3.31. The second-order valence-electron chi connectivity index (χ2n) is 3.31. The maximum Gasteiger partial charge on any atom is 0.270 e. The average Bonchev–Trinajstić information content (AvgIpc) is 2.18. The molecule has 1 heterocycles. The second kappa shape index (κ2) is 5.41. The molecule has 1 rings (SSSR count). The molecule has 0 bridgehead atoms. The number of nitrogens with one attached hydrogen (secondary N) is 1. The predicted octanol–water partition coefficient (Wildman–Crippen LogP) is 0.688. The minimum Gasteiger partial charge on any atom is -0.348 e. The van der Waals surface area contributed by atoms with Gasteiger partial charge in [-0.15, -0.1) is 0 Å². The molecule has 15 heavy (non-hydrogen) atoms.